The molecule has 2 heterocycles. The number of imide groups is 1. The Labute approximate surface area is 231 Å². The summed E-state index contributed by atoms with van der Waals surface area (Å²) >= 11 is 19.2. The van der Waals surface area contributed by atoms with Crippen molar-refractivity contribution in [3.8, 4) is 0 Å². The molecule has 10 heteroatoms. The number of aromatic nitrogens is 1. The number of benzene rings is 3. The van der Waals surface area contributed by atoms with Gasteiger partial charge in [0.15, 0.2) is 0 Å². The molecule has 1 aliphatic heterocycles. The summed E-state index contributed by atoms with van der Waals surface area (Å²) < 4.78 is 2.03. The number of nitrogens with one attached hydrogen (secondary N) is 1. The van der Waals surface area contributed by atoms with E-state index in [2.05, 4.69) is 5.32 Å². The molecule has 186 valence electrons. The summed E-state index contributed by atoms with van der Waals surface area (Å²) in [5.74, 6) is -1.02. The van der Waals surface area contributed by atoms with Gasteiger partial charge in [0, 0.05) is 50.0 Å². The summed E-state index contributed by atoms with van der Waals surface area (Å²) in [6, 6.07) is 19.7. The molecule has 1 fully saturated rings. The molecule has 0 unspecified atom stereocenters. The van der Waals surface area contributed by atoms with Gasteiger partial charge < -0.3 is 9.88 Å². The average molecular weight is 571 g/mol. The number of carbonyl (C=O) groups excluding carboxylic acids is 3. The lowest BCUT2D eigenvalue weighted by Crippen LogP contribution is -2.36. The van der Waals surface area contributed by atoms with Gasteiger partial charge in [-0.15, -0.1) is 0 Å². The molecule has 4 aromatic rings. The van der Waals surface area contributed by atoms with E-state index in [4.69, 9.17) is 34.8 Å². The molecule has 1 aromatic heterocycles. The molecular weight excluding hydrogens is 553 g/mol. The highest BCUT2D eigenvalue weighted by molar-refractivity contribution is 8.18. The van der Waals surface area contributed by atoms with E-state index in [1.165, 1.54) is 0 Å². The number of hydrogen-bond acceptors (Lipinski definition) is 4. The number of fused-ring (bicyclic) bond motifs is 1. The van der Waals surface area contributed by atoms with Gasteiger partial charge in [-0.3, -0.25) is 19.3 Å². The van der Waals surface area contributed by atoms with Crippen LogP contribution in [0.1, 0.15) is 11.1 Å². The van der Waals surface area contributed by atoms with E-state index in [1.807, 2.05) is 41.1 Å². The van der Waals surface area contributed by atoms with Gasteiger partial charge in [-0.05, 0) is 59.8 Å². The van der Waals surface area contributed by atoms with Crippen LogP contribution < -0.4 is 5.32 Å². The van der Waals surface area contributed by atoms with Crippen LogP contribution in [0.5, 0.6) is 0 Å². The zero-order valence-electron chi connectivity index (χ0n) is 19.1. The lowest BCUT2D eigenvalue weighted by Gasteiger charge is -2.12. The minimum Gasteiger partial charge on any atom is -0.342 e. The van der Waals surface area contributed by atoms with Gasteiger partial charge in [-0.2, -0.15) is 0 Å². The Hall–Kier alpha value is -3.23. The normalized spacial score (nSPS) is 14.7. The summed E-state index contributed by atoms with van der Waals surface area (Å²) in [6.45, 7) is 0.0981. The number of rotatable bonds is 6. The van der Waals surface area contributed by atoms with Crippen LogP contribution in [0.15, 0.2) is 77.8 Å². The highest BCUT2D eigenvalue weighted by atomic mass is 35.5. The Morgan fingerprint density at radius 3 is 2.51 bits per heavy atom. The van der Waals surface area contributed by atoms with Crippen molar-refractivity contribution in [2.75, 3.05) is 11.9 Å². The molecule has 0 atom stereocenters. The van der Waals surface area contributed by atoms with Gasteiger partial charge >= 0.3 is 0 Å². The first-order valence-electron chi connectivity index (χ1n) is 11.1. The lowest BCUT2D eigenvalue weighted by atomic mass is 10.1. The number of amides is 3. The van der Waals surface area contributed by atoms with Gasteiger partial charge in [-0.25, -0.2) is 0 Å². The minimum absolute atomic E-state index is 0.244. The highest BCUT2D eigenvalue weighted by Gasteiger charge is 2.36. The van der Waals surface area contributed by atoms with Crippen molar-refractivity contribution < 1.29 is 14.4 Å². The van der Waals surface area contributed by atoms with Crippen LogP contribution in [0.4, 0.5) is 10.5 Å². The van der Waals surface area contributed by atoms with Gasteiger partial charge in [0.2, 0.25) is 5.91 Å². The second kappa shape index (κ2) is 10.6. The molecule has 1 saturated heterocycles. The molecule has 1 N–H and O–H groups in total. The fourth-order valence-electron chi connectivity index (χ4n) is 4.04. The van der Waals surface area contributed by atoms with Gasteiger partial charge in [0.25, 0.3) is 11.1 Å². The van der Waals surface area contributed by atoms with Crippen molar-refractivity contribution in [3.63, 3.8) is 0 Å². The maximum Gasteiger partial charge on any atom is 0.294 e. The fraction of sp³-hybridized carbons (Fsp3) is 0.0741. The third kappa shape index (κ3) is 5.55. The monoisotopic (exact) mass is 569 g/mol. The molecule has 0 aliphatic carbocycles. The Bertz CT molecular complexity index is 1600. The van der Waals surface area contributed by atoms with Crippen molar-refractivity contribution in [2.24, 2.45) is 0 Å². The predicted octanol–water partition coefficient (Wildman–Crippen LogP) is 7.32. The van der Waals surface area contributed by atoms with Gasteiger partial charge in [0.05, 0.1) is 4.91 Å². The van der Waals surface area contributed by atoms with E-state index in [0.29, 0.717) is 27.3 Å². The molecule has 0 radical (unpaired) electrons. The topological polar surface area (TPSA) is 71.4 Å². The van der Waals surface area contributed by atoms with Crippen LogP contribution in [0.2, 0.25) is 15.1 Å². The van der Waals surface area contributed by atoms with Crippen LogP contribution in [-0.4, -0.2) is 33.1 Å². The second-order valence-corrected chi connectivity index (χ2v) is 10.6. The van der Waals surface area contributed by atoms with Crippen LogP contribution >= 0.6 is 46.6 Å². The zero-order valence-corrected chi connectivity index (χ0v) is 22.2. The summed E-state index contributed by atoms with van der Waals surface area (Å²) in [7, 11) is 0. The molecule has 3 aromatic carbocycles. The molecule has 0 spiro atoms. The number of thioether (sulfide) groups is 1. The van der Waals surface area contributed by atoms with Gasteiger partial charge in [-0.1, -0.05) is 65.1 Å². The quantitative estimate of drug-likeness (QED) is 0.247. The molecule has 1 aliphatic rings. The lowest BCUT2D eigenvalue weighted by molar-refractivity contribution is -0.127. The van der Waals surface area contributed by atoms with Crippen LogP contribution in [0.25, 0.3) is 17.0 Å². The first-order valence-corrected chi connectivity index (χ1v) is 13.1. The number of anilines is 1. The average Bonchev–Trinajstić information content (AvgIpc) is 3.33. The maximum absolute atomic E-state index is 13.1. The molecule has 5 rings (SSSR count). The maximum atomic E-state index is 13.1. The van der Waals surface area contributed by atoms with Crippen molar-refractivity contribution in [1.29, 1.82) is 0 Å². The van der Waals surface area contributed by atoms with Crippen molar-refractivity contribution in [2.45, 2.75) is 6.54 Å². The number of nitrogens with zero attached hydrogens (tertiary/aromatic N) is 2. The largest absolute Gasteiger partial charge is 0.342 e. The second-order valence-electron chi connectivity index (χ2n) is 8.29. The number of carbonyl (C=O) groups is 3. The van der Waals surface area contributed by atoms with Gasteiger partial charge in [0.1, 0.15) is 6.54 Å². The van der Waals surface area contributed by atoms with Crippen molar-refractivity contribution in [3.05, 3.63) is 104 Å². The van der Waals surface area contributed by atoms with E-state index in [1.54, 1.807) is 42.5 Å². The fourth-order valence-corrected chi connectivity index (χ4v) is 5.53. The minimum atomic E-state index is -0.520. The van der Waals surface area contributed by atoms with Crippen molar-refractivity contribution in [1.82, 2.24) is 9.47 Å². The highest BCUT2D eigenvalue weighted by Crippen LogP contribution is 2.34. The predicted molar refractivity (Wildman–Crippen MR) is 150 cm³/mol. The molecule has 0 bridgehead atoms. The molecule has 37 heavy (non-hydrogen) atoms. The van der Waals surface area contributed by atoms with E-state index >= 15 is 0 Å². The summed E-state index contributed by atoms with van der Waals surface area (Å²) in [5.41, 5.74) is 3.09. The third-order valence-corrected chi connectivity index (χ3v) is 7.47. The number of hydrogen-bond donors (Lipinski definition) is 1. The number of para-hydroxylation sites is 1. The molecule has 3 amide bonds. The first kappa shape index (κ1) is 25.4. The molecular formula is C27H18Cl3N3O3S. The van der Waals surface area contributed by atoms with Crippen molar-refractivity contribution >= 4 is 86.3 Å². The zero-order chi connectivity index (χ0) is 26.1. The Kier molecular flexibility index (Phi) is 7.31. The molecule has 0 saturated carbocycles. The van der Waals surface area contributed by atoms with E-state index < -0.39 is 23.6 Å². The molecule has 6 nitrogen and oxygen atoms in total. The van der Waals surface area contributed by atoms with Crippen LogP contribution in [-0.2, 0) is 16.1 Å². The first-order chi connectivity index (χ1) is 17.8. The van der Waals surface area contributed by atoms with E-state index in [9.17, 15) is 14.4 Å². The summed E-state index contributed by atoms with van der Waals surface area (Å²) in [5, 5.41) is 4.64. The van der Waals surface area contributed by atoms with Crippen LogP contribution in [0, 0.1) is 0 Å². The van der Waals surface area contributed by atoms with Crippen LogP contribution in [0.3, 0.4) is 0 Å². The van der Waals surface area contributed by atoms with E-state index in [-0.39, 0.29) is 4.91 Å². The Balaban J connectivity index is 1.38. The smallest absolute Gasteiger partial charge is 0.294 e. The summed E-state index contributed by atoms with van der Waals surface area (Å²) in [4.78, 5) is 39.3. The SMILES string of the molecule is O=C(CN1C(=O)S/C(=C/c2cn(Cc3ccc(Cl)cc3Cl)c3ccccc23)C1=O)Nc1cccc(Cl)c1. The number of halogens is 3. The Morgan fingerprint density at radius 2 is 1.73 bits per heavy atom. The Morgan fingerprint density at radius 1 is 0.946 bits per heavy atom. The summed E-state index contributed by atoms with van der Waals surface area (Å²) in [6.07, 6.45) is 3.59. The third-order valence-electron chi connectivity index (χ3n) is 5.75. The van der Waals surface area contributed by atoms with E-state index in [0.717, 1.165) is 38.7 Å². The standard InChI is InChI=1S/C27H18Cl3N3O3S/c28-18-4-3-5-20(11-18)31-25(34)15-33-26(35)24(37-27(33)36)10-17-14-32(23-7-2-1-6-21(17)23)13-16-8-9-19(29)12-22(16)30/h1-12,14H,13,15H2,(H,31,34)/b24-10+.